The second kappa shape index (κ2) is 10.3. The molecule has 4 heterocycles. The molecule has 1 atom stereocenters. The van der Waals surface area contributed by atoms with E-state index in [1.54, 1.807) is 18.4 Å². The van der Waals surface area contributed by atoms with Gasteiger partial charge >= 0.3 is 0 Å². The lowest BCUT2D eigenvalue weighted by atomic mass is 10.1. The highest BCUT2D eigenvalue weighted by molar-refractivity contribution is 5.86. The Bertz CT molecular complexity index is 1110. The zero-order valence-electron chi connectivity index (χ0n) is 19.2. The van der Waals surface area contributed by atoms with Crippen molar-refractivity contribution < 1.29 is 19.1 Å². The summed E-state index contributed by atoms with van der Waals surface area (Å²) in [4.78, 5) is 22.4. The summed E-state index contributed by atoms with van der Waals surface area (Å²) >= 11 is 0. The molecule has 0 unspecified atom stereocenters. The SMILES string of the molecule is O=C(NCCN1CCOCC1)[C@@H]1CCCN1c1cc(-c2ccco2)cc(-c2ccccc2O)n1. The van der Waals surface area contributed by atoms with Crippen molar-refractivity contribution in [1.82, 2.24) is 15.2 Å². The zero-order valence-corrected chi connectivity index (χ0v) is 19.2. The van der Waals surface area contributed by atoms with Crippen molar-refractivity contribution in [2.45, 2.75) is 18.9 Å². The van der Waals surface area contributed by atoms with Crippen LogP contribution in [0, 0.1) is 0 Å². The molecule has 0 radical (unpaired) electrons. The first kappa shape index (κ1) is 22.4. The standard InChI is InChI=1S/C26H30N4O4/c31-23-7-2-1-5-20(23)21-17-19(24-8-4-14-34-24)18-25(28-21)30-10-3-6-22(30)26(32)27-9-11-29-12-15-33-16-13-29/h1-2,4-5,7-8,14,17-18,22,31H,3,6,9-13,15-16H2,(H,27,32)/t22-/m0/s1. The molecule has 1 aromatic carbocycles. The molecule has 0 saturated carbocycles. The number of aromatic hydroxyl groups is 1. The van der Waals surface area contributed by atoms with Crippen LogP contribution in [-0.4, -0.2) is 72.9 Å². The fourth-order valence-corrected chi connectivity index (χ4v) is 4.67. The van der Waals surface area contributed by atoms with Crippen LogP contribution in [0.2, 0.25) is 0 Å². The molecule has 0 spiro atoms. The van der Waals surface area contributed by atoms with Crippen LogP contribution in [0.15, 0.2) is 59.2 Å². The highest BCUT2D eigenvalue weighted by atomic mass is 16.5. The van der Waals surface area contributed by atoms with Crippen LogP contribution >= 0.6 is 0 Å². The molecule has 1 amide bonds. The number of carbonyl (C=O) groups excluding carboxylic acids is 1. The Morgan fingerprint density at radius 3 is 2.76 bits per heavy atom. The van der Waals surface area contributed by atoms with E-state index in [9.17, 15) is 9.90 Å². The van der Waals surface area contributed by atoms with Crippen molar-refractivity contribution in [3.8, 4) is 28.3 Å². The number of para-hydroxylation sites is 1. The summed E-state index contributed by atoms with van der Waals surface area (Å²) in [5, 5.41) is 13.6. The van der Waals surface area contributed by atoms with E-state index in [2.05, 4.69) is 15.1 Å². The molecule has 0 bridgehead atoms. The maximum atomic E-state index is 13.1. The van der Waals surface area contributed by atoms with Gasteiger partial charge in [-0.3, -0.25) is 9.69 Å². The van der Waals surface area contributed by atoms with Gasteiger partial charge in [0.1, 0.15) is 23.4 Å². The Kier molecular flexibility index (Phi) is 6.78. The number of carbonyl (C=O) groups is 1. The Hall–Kier alpha value is -3.36. The minimum atomic E-state index is -0.277. The third kappa shape index (κ3) is 4.93. The first-order chi connectivity index (χ1) is 16.7. The highest BCUT2D eigenvalue weighted by Crippen LogP contribution is 2.35. The number of phenols is 1. The van der Waals surface area contributed by atoms with E-state index in [0.29, 0.717) is 29.4 Å². The summed E-state index contributed by atoms with van der Waals surface area (Å²) in [5.74, 6) is 1.61. The maximum absolute atomic E-state index is 13.1. The van der Waals surface area contributed by atoms with Gasteiger partial charge in [-0.25, -0.2) is 4.98 Å². The van der Waals surface area contributed by atoms with Gasteiger partial charge in [0.2, 0.25) is 5.91 Å². The molecule has 34 heavy (non-hydrogen) atoms. The van der Waals surface area contributed by atoms with Crippen molar-refractivity contribution in [1.29, 1.82) is 0 Å². The summed E-state index contributed by atoms with van der Waals surface area (Å²) < 4.78 is 11.0. The summed E-state index contributed by atoms with van der Waals surface area (Å²) in [6.45, 7) is 5.50. The Balaban J connectivity index is 1.38. The number of morpholine rings is 1. The molecule has 2 aliphatic heterocycles. The summed E-state index contributed by atoms with van der Waals surface area (Å²) in [6.07, 6.45) is 3.33. The van der Waals surface area contributed by atoms with Gasteiger partial charge in [-0.1, -0.05) is 12.1 Å². The first-order valence-corrected chi connectivity index (χ1v) is 11.9. The molecule has 0 aliphatic carbocycles. The molecular formula is C26H30N4O4. The zero-order chi connectivity index (χ0) is 23.3. The number of phenolic OH excluding ortho intramolecular Hbond substituents is 1. The number of hydrogen-bond acceptors (Lipinski definition) is 7. The van der Waals surface area contributed by atoms with Crippen LogP contribution in [-0.2, 0) is 9.53 Å². The molecule has 2 fully saturated rings. The average molecular weight is 463 g/mol. The minimum absolute atomic E-state index is 0.0278. The van der Waals surface area contributed by atoms with Gasteiger partial charge in [-0.05, 0) is 49.2 Å². The van der Waals surface area contributed by atoms with Gasteiger partial charge in [0.15, 0.2) is 0 Å². The fraction of sp³-hybridized carbons (Fsp3) is 0.385. The third-order valence-corrected chi connectivity index (χ3v) is 6.48. The number of nitrogens with one attached hydrogen (secondary N) is 1. The van der Waals surface area contributed by atoms with Gasteiger partial charge in [0.05, 0.1) is 25.2 Å². The van der Waals surface area contributed by atoms with Gasteiger partial charge in [-0.2, -0.15) is 0 Å². The lowest BCUT2D eigenvalue weighted by Gasteiger charge is -2.28. The largest absolute Gasteiger partial charge is 0.507 e. The molecule has 2 aliphatic rings. The normalized spacial score (nSPS) is 18.8. The van der Waals surface area contributed by atoms with Crippen LogP contribution in [0.5, 0.6) is 5.75 Å². The molecule has 8 nitrogen and oxygen atoms in total. The lowest BCUT2D eigenvalue weighted by molar-refractivity contribution is -0.122. The second-order valence-corrected chi connectivity index (χ2v) is 8.69. The monoisotopic (exact) mass is 462 g/mol. The molecule has 178 valence electrons. The van der Waals surface area contributed by atoms with E-state index >= 15 is 0 Å². The molecule has 8 heteroatoms. The molecule has 3 aromatic rings. The van der Waals surface area contributed by atoms with Crippen LogP contribution in [0.25, 0.3) is 22.6 Å². The van der Waals surface area contributed by atoms with Crippen molar-refractivity contribution in [3.63, 3.8) is 0 Å². The Morgan fingerprint density at radius 2 is 1.97 bits per heavy atom. The predicted molar refractivity (Wildman–Crippen MR) is 130 cm³/mol. The number of pyridine rings is 1. The highest BCUT2D eigenvalue weighted by Gasteiger charge is 2.32. The molecule has 2 aromatic heterocycles. The Labute approximate surface area is 199 Å². The molecule has 2 saturated heterocycles. The molecule has 5 rings (SSSR count). The van der Waals surface area contributed by atoms with Crippen molar-refractivity contribution in [2.75, 3.05) is 50.8 Å². The van der Waals surface area contributed by atoms with E-state index in [0.717, 1.165) is 57.8 Å². The number of benzene rings is 1. The van der Waals surface area contributed by atoms with Crippen LogP contribution in [0.4, 0.5) is 5.82 Å². The molecular weight excluding hydrogens is 432 g/mol. The fourth-order valence-electron chi connectivity index (χ4n) is 4.67. The number of nitrogens with zero attached hydrogens (tertiary/aromatic N) is 3. The maximum Gasteiger partial charge on any atom is 0.242 e. The van der Waals surface area contributed by atoms with E-state index in [4.69, 9.17) is 14.1 Å². The number of hydrogen-bond donors (Lipinski definition) is 2. The average Bonchev–Trinajstić information content (AvgIpc) is 3.57. The van der Waals surface area contributed by atoms with Crippen molar-refractivity contribution in [2.24, 2.45) is 0 Å². The van der Waals surface area contributed by atoms with Gasteiger partial charge < -0.3 is 24.5 Å². The number of furan rings is 1. The van der Waals surface area contributed by atoms with E-state index in [1.807, 2.05) is 36.4 Å². The second-order valence-electron chi connectivity index (χ2n) is 8.69. The minimum Gasteiger partial charge on any atom is -0.507 e. The first-order valence-electron chi connectivity index (χ1n) is 11.9. The van der Waals surface area contributed by atoms with E-state index in [1.165, 1.54) is 0 Å². The summed E-state index contributed by atoms with van der Waals surface area (Å²) in [7, 11) is 0. The van der Waals surface area contributed by atoms with E-state index in [-0.39, 0.29) is 17.7 Å². The van der Waals surface area contributed by atoms with Gasteiger partial charge in [-0.15, -0.1) is 0 Å². The Morgan fingerprint density at radius 1 is 1.12 bits per heavy atom. The van der Waals surface area contributed by atoms with Crippen molar-refractivity contribution >= 4 is 11.7 Å². The number of amides is 1. The summed E-state index contributed by atoms with van der Waals surface area (Å²) in [6, 6.07) is 14.5. The van der Waals surface area contributed by atoms with Gasteiger partial charge in [0.25, 0.3) is 0 Å². The van der Waals surface area contributed by atoms with Crippen LogP contribution in [0.3, 0.4) is 0 Å². The van der Waals surface area contributed by atoms with Crippen LogP contribution in [0.1, 0.15) is 12.8 Å². The van der Waals surface area contributed by atoms with Gasteiger partial charge in [0, 0.05) is 43.9 Å². The number of ether oxygens (including phenoxy) is 1. The number of aromatic nitrogens is 1. The third-order valence-electron chi connectivity index (χ3n) is 6.48. The summed E-state index contributed by atoms with van der Waals surface area (Å²) in [5.41, 5.74) is 2.13. The lowest BCUT2D eigenvalue weighted by Crippen LogP contribution is -2.47. The number of rotatable bonds is 7. The smallest absolute Gasteiger partial charge is 0.242 e. The quantitative estimate of drug-likeness (QED) is 0.557. The van der Waals surface area contributed by atoms with Crippen molar-refractivity contribution in [3.05, 3.63) is 54.8 Å². The van der Waals surface area contributed by atoms with E-state index < -0.39 is 0 Å². The molecule has 2 N–H and O–H groups in total. The van der Waals surface area contributed by atoms with Crippen LogP contribution < -0.4 is 10.2 Å². The topological polar surface area (TPSA) is 91.1 Å². The predicted octanol–water partition coefficient (Wildman–Crippen LogP) is 3.13. The number of anilines is 1.